The molecule has 2 N–H and O–H groups in total. The number of anilines is 1. The number of fused-ring (bicyclic) bond motifs is 1. The Morgan fingerprint density at radius 1 is 1.26 bits per heavy atom. The van der Waals surface area contributed by atoms with Crippen molar-refractivity contribution in [1.82, 2.24) is 4.57 Å². The maximum absolute atomic E-state index is 12.7. The van der Waals surface area contributed by atoms with Crippen LogP contribution in [-0.2, 0) is 4.74 Å². The van der Waals surface area contributed by atoms with Gasteiger partial charge in [0, 0.05) is 17.5 Å². The zero-order valence-corrected chi connectivity index (χ0v) is 19.3. The highest BCUT2D eigenvalue weighted by molar-refractivity contribution is 5.96. The molecule has 7 nitrogen and oxygen atoms in total. The van der Waals surface area contributed by atoms with E-state index < -0.39 is 18.4 Å². The van der Waals surface area contributed by atoms with Crippen molar-refractivity contribution in [2.24, 2.45) is 5.84 Å². The number of alkyl halides is 3. The third-order valence-corrected chi connectivity index (χ3v) is 6.19. The number of halogens is 3. The van der Waals surface area contributed by atoms with Crippen LogP contribution < -0.4 is 15.6 Å². The molecular weight excluding hydrogens is 461 g/mol. The number of carbonyl (C=O) groups is 1. The summed E-state index contributed by atoms with van der Waals surface area (Å²) in [7, 11) is 0. The van der Waals surface area contributed by atoms with Gasteiger partial charge in [0.15, 0.2) is 6.10 Å². The molecule has 1 amide bonds. The van der Waals surface area contributed by atoms with Gasteiger partial charge in [0.05, 0.1) is 29.1 Å². The molecule has 35 heavy (non-hydrogen) atoms. The molecule has 1 saturated carbocycles. The first kappa shape index (κ1) is 24.4. The quantitative estimate of drug-likeness (QED) is 0.259. The molecule has 0 unspecified atom stereocenters. The minimum absolute atomic E-state index is 0.150. The fourth-order valence-corrected chi connectivity index (χ4v) is 4.13. The smallest absolute Gasteiger partial charge is 0.429 e. The second-order valence-corrected chi connectivity index (χ2v) is 8.39. The molecule has 1 atom stereocenters. The highest BCUT2D eigenvalue weighted by atomic mass is 19.4. The summed E-state index contributed by atoms with van der Waals surface area (Å²) in [5, 5.41) is 11.4. The Morgan fingerprint density at radius 2 is 1.94 bits per heavy atom. The number of benzene rings is 2. The van der Waals surface area contributed by atoms with E-state index in [4.69, 9.17) is 10.6 Å². The third kappa shape index (κ3) is 4.64. The highest BCUT2D eigenvalue weighted by Gasteiger charge is 2.40. The van der Waals surface area contributed by atoms with E-state index in [-0.39, 0.29) is 11.7 Å². The summed E-state index contributed by atoms with van der Waals surface area (Å²) in [5.74, 6) is 6.43. The Bertz CT molecular complexity index is 1270. The SMILES string of the molecule is CCOc1ccc2c(C#N)c(-c3ccc(N(N)C(=O)O[C@H](C)C(F)(F)F)cc3)n(C3CCC3)c2c1. The van der Waals surface area contributed by atoms with Gasteiger partial charge in [-0.1, -0.05) is 12.1 Å². The van der Waals surface area contributed by atoms with E-state index in [0.29, 0.717) is 17.2 Å². The number of nitrogens with zero attached hydrogens (tertiary/aromatic N) is 3. The van der Waals surface area contributed by atoms with Crippen molar-refractivity contribution in [2.75, 3.05) is 11.6 Å². The molecule has 10 heteroatoms. The van der Waals surface area contributed by atoms with Gasteiger partial charge in [-0.25, -0.2) is 15.6 Å². The second-order valence-electron chi connectivity index (χ2n) is 8.39. The van der Waals surface area contributed by atoms with Crippen LogP contribution >= 0.6 is 0 Å². The lowest BCUT2D eigenvalue weighted by Crippen LogP contribution is -2.42. The Balaban J connectivity index is 1.71. The van der Waals surface area contributed by atoms with Crippen molar-refractivity contribution in [3.63, 3.8) is 0 Å². The average Bonchev–Trinajstić information content (AvgIpc) is 3.10. The van der Waals surface area contributed by atoms with Gasteiger partial charge in [-0.3, -0.25) is 0 Å². The van der Waals surface area contributed by atoms with Crippen molar-refractivity contribution in [2.45, 2.75) is 51.4 Å². The first-order valence-corrected chi connectivity index (χ1v) is 11.3. The number of amides is 1. The summed E-state index contributed by atoms with van der Waals surface area (Å²) in [6.07, 6.45) is -5.25. The number of nitrogens with two attached hydrogens (primary N) is 1. The highest BCUT2D eigenvalue weighted by Crippen LogP contribution is 2.43. The molecule has 0 aliphatic heterocycles. The molecular formula is C25H25F3N4O3. The summed E-state index contributed by atoms with van der Waals surface area (Å²) in [6.45, 7) is 3.16. The minimum atomic E-state index is -4.69. The molecule has 1 heterocycles. The van der Waals surface area contributed by atoms with Crippen LogP contribution in [0.2, 0.25) is 0 Å². The van der Waals surface area contributed by atoms with E-state index in [0.717, 1.165) is 54.1 Å². The molecule has 0 radical (unpaired) electrons. The van der Waals surface area contributed by atoms with E-state index >= 15 is 0 Å². The Hall–Kier alpha value is -3.71. The van der Waals surface area contributed by atoms with Crippen molar-refractivity contribution in [3.05, 3.63) is 48.0 Å². The van der Waals surface area contributed by atoms with Gasteiger partial charge in [-0.05, 0) is 62.9 Å². The van der Waals surface area contributed by atoms with Crippen LogP contribution in [0.25, 0.3) is 22.2 Å². The number of hydrogen-bond acceptors (Lipinski definition) is 5. The molecule has 0 bridgehead atoms. The number of carbonyl (C=O) groups excluding carboxylic acids is 1. The maximum Gasteiger partial charge on any atom is 0.429 e. The van der Waals surface area contributed by atoms with Gasteiger partial charge >= 0.3 is 12.3 Å². The van der Waals surface area contributed by atoms with Crippen LogP contribution in [0.4, 0.5) is 23.7 Å². The predicted molar refractivity (Wildman–Crippen MR) is 125 cm³/mol. The number of rotatable bonds is 6. The fourth-order valence-electron chi connectivity index (χ4n) is 4.13. The van der Waals surface area contributed by atoms with Crippen LogP contribution in [0, 0.1) is 11.3 Å². The summed E-state index contributed by atoms with van der Waals surface area (Å²) >= 11 is 0. The Morgan fingerprint density at radius 3 is 2.49 bits per heavy atom. The number of hydrogen-bond donors (Lipinski definition) is 1. The Kier molecular flexibility index (Phi) is 6.63. The van der Waals surface area contributed by atoms with Gasteiger partial charge in [0.1, 0.15) is 11.8 Å². The van der Waals surface area contributed by atoms with Gasteiger partial charge in [0.25, 0.3) is 0 Å². The van der Waals surface area contributed by atoms with Crippen LogP contribution in [0.1, 0.15) is 44.7 Å². The second kappa shape index (κ2) is 9.50. The lowest BCUT2D eigenvalue weighted by Gasteiger charge is -2.30. The van der Waals surface area contributed by atoms with Gasteiger partial charge in [-0.15, -0.1) is 0 Å². The minimum Gasteiger partial charge on any atom is -0.494 e. The number of hydrazine groups is 1. The molecule has 2 aromatic carbocycles. The predicted octanol–water partition coefficient (Wildman–Crippen LogP) is 6.07. The normalized spacial score (nSPS) is 14.8. The van der Waals surface area contributed by atoms with Crippen molar-refractivity contribution >= 4 is 22.7 Å². The molecule has 1 fully saturated rings. The van der Waals surface area contributed by atoms with Crippen molar-refractivity contribution < 1.29 is 27.4 Å². The van der Waals surface area contributed by atoms with Crippen LogP contribution in [0.3, 0.4) is 0 Å². The van der Waals surface area contributed by atoms with Crippen LogP contribution in [0.15, 0.2) is 42.5 Å². The van der Waals surface area contributed by atoms with Gasteiger partial charge in [0.2, 0.25) is 0 Å². The Labute approximate surface area is 200 Å². The fraction of sp³-hybridized carbons (Fsp3) is 0.360. The van der Waals surface area contributed by atoms with Crippen LogP contribution in [-0.4, -0.2) is 29.5 Å². The van der Waals surface area contributed by atoms with Crippen molar-refractivity contribution in [1.29, 1.82) is 5.26 Å². The molecule has 1 aromatic heterocycles. The molecule has 0 saturated heterocycles. The molecule has 1 aliphatic rings. The third-order valence-electron chi connectivity index (χ3n) is 6.19. The van der Waals surface area contributed by atoms with E-state index in [1.165, 1.54) is 12.1 Å². The number of aromatic nitrogens is 1. The maximum atomic E-state index is 12.7. The first-order valence-electron chi connectivity index (χ1n) is 11.3. The standard InChI is InChI=1S/C25H25F3N4O3/c1-3-34-19-11-12-20-21(14-29)23(31(22(20)13-19)17-5-4-6-17)16-7-9-18(10-8-16)32(30)24(33)35-15(2)25(26,27)28/h7-13,15,17H,3-6,30H2,1-2H3/t15-/m1/s1. The number of nitriles is 1. The summed E-state index contributed by atoms with van der Waals surface area (Å²) < 4.78 is 50.4. The first-order chi connectivity index (χ1) is 16.7. The van der Waals surface area contributed by atoms with E-state index in [1.54, 1.807) is 12.1 Å². The molecule has 184 valence electrons. The molecule has 4 rings (SSSR count). The van der Waals surface area contributed by atoms with Gasteiger partial charge in [-0.2, -0.15) is 18.4 Å². The van der Waals surface area contributed by atoms with Crippen molar-refractivity contribution in [3.8, 4) is 23.1 Å². The monoisotopic (exact) mass is 486 g/mol. The van der Waals surface area contributed by atoms with Crippen LogP contribution in [0.5, 0.6) is 5.75 Å². The lowest BCUT2D eigenvalue weighted by atomic mass is 9.92. The average molecular weight is 486 g/mol. The summed E-state index contributed by atoms with van der Waals surface area (Å²) in [5.41, 5.74) is 3.03. The van der Waals surface area contributed by atoms with E-state index in [2.05, 4.69) is 15.4 Å². The van der Waals surface area contributed by atoms with E-state index in [9.17, 15) is 23.2 Å². The van der Waals surface area contributed by atoms with E-state index in [1.807, 2.05) is 25.1 Å². The molecule has 3 aromatic rings. The topological polar surface area (TPSA) is 93.5 Å². The number of ether oxygens (including phenoxy) is 2. The lowest BCUT2D eigenvalue weighted by molar-refractivity contribution is -0.196. The largest absolute Gasteiger partial charge is 0.494 e. The van der Waals surface area contributed by atoms with Gasteiger partial charge < -0.3 is 14.0 Å². The zero-order valence-electron chi connectivity index (χ0n) is 19.3. The molecule has 1 aliphatic carbocycles. The summed E-state index contributed by atoms with van der Waals surface area (Å²) in [6, 6.07) is 14.6. The summed E-state index contributed by atoms with van der Waals surface area (Å²) in [4.78, 5) is 12.1. The zero-order chi connectivity index (χ0) is 25.3. The molecule has 0 spiro atoms.